The van der Waals surface area contributed by atoms with E-state index in [4.69, 9.17) is 14.2 Å². The minimum absolute atomic E-state index is 0.0919. The summed E-state index contributed by atoms with van der Waals surface area (Å²) >= 11 is 0. The third-order valence-corrected chi connectivity index (χ3v) is 5.72. The van der Waals surface area contributed by atoms with Crippen LogP contribution in [0.15, 0.2) is 34.6 Å². The number of hydrogen-bond donors (Lipinski definition) is 1. The smallest absolute Gasteiger partial charge is 0.338 e. The zero-order valence-corrected chi connectivity index (χ0v) is 14.6. The van der Waals surface area contributed by atoms with E-state index in [2.05, 4.69) is 13.8 Å². The Labute approximate surface area is 146 Å². The molecule has 134 valence electrons. The first-order chi connectivity index (χ1) is 11.8. The molecule has 25 heavy (non-hydrogen) atoms. The van der Waals surface area contributed by atoms with Crippen molar-refractivity contribution in [3.05, 3.63) is 34.6 Å². The molecule has 0 amide bonds. The lowest BCUT2D eigenvalue weighted by molar-refractivity contribution is -0.152. The van der Waals surface area contributed by atoms with Crippen LogP contribution in [0.2, 0.25) is 0 Å². The van der Waals surface area contributed by atoms with Gasteiger partial charge in [0.2, 0.25) is 0 Å². The average molecular weight is 346 g/mol. The van der Waals surface area contributed by atoms with Crippen molar-refractivity contribution in [3.8, 4) is 0 Å². The van der Waals surface area contributed by atoms with E-state index < -0.39 is 36.4 Å². The van der Waals surface area contributed by atoms with Gasteiger partial charge in [-0.1, -0.05) is 13.8 Å². The van der Waals surface area contributed by atoms with Crippen LogP contribution in [-0.4, -0.2) is 35.5 Å². The quantitative estimate of drug-likeness (QED) is 0.357. The van der Waals surface area contributed by atoms with Crippen LogP contribution >= 0.6 is 0 Å². The minimum Gasteiger partial charge on any atom is -0.458 e. The molecule has 0 unspecified atom stereocenters. The molecule has 6 heteroatoms. The Balaban J connectivity index is 1.60. The van der Waals surface area contributed by atoms with Crippen LogP contribution < -0.4 is 0 Å². The zero-order chi connectivity index (χ0) is 17.9. The van der Waals surface area contributed by atoms with Crippen LogP contribution in [-0.2, 0) is 23.8 Å². The Morgan fingerprint density at radius 3 is 2.72 bits per heavy atom. The summed E-state index contributed by atoms with van der Waals surface area (Å²) in [6, 6.07) is 0. The molecule has 1 saturated heterocycles. The fourth-order valence-corrected chi connectivity index (χ4v) is 4.49. The number of rotatable bonds is 2. The second kappa shape index (κ2) is 5.46. The van der Waals surface area contributed by atoms with Gasteiger partial charge < -0.3 is 19.3 Å². The fourth-order valence-electron chi connectivity index (χ4n) is 4.49. The van der Waals surface area contributed by atoms with Gasteiger partial charge >= 0.3 is 11.9 Å². The lowest BCUT2D eigenvalue weighted by Gasteiger charge is -2.34. The van der Waals surface area contributed by atoms with Gasteiger partial charge in [-0.3, -0.25) is 0 Å². The number of ether oxygens (including phenoxy) is 3. The molecule has 0 bridgehead atoms. The van der Waals surface area contributed by atoms with Crippen LogP contribution in [0.4, 0.5) is 0 Å². The van der Waals surface area contributed by atoms with E-state index in [-0.39, 0.29) is 5.41 Å². The summed E-state index contributed by atoms with van der Waals surface area (Å²) in [4.78, 5) is 23.7. The molecular formula is C19H22O6. The maximum atomic E-state index is 12.3. The Bertz CT molecular complexity index is 741. The Morgan fingerprint density at radius 1 is 1.28 bits per heavy atom. The van der Waals surface area contributed by atoms with Gasteiger partial charge in [0.15, 0.2) is 0 Å². The van der Waals surface area contributed by atoms with E-state index in [0.29, 0.717) is 11.1 Å². The standard InChI is InChI=1S/C19H22O6/c1-9-7-12(24-17(9)21)23-8-11-13-15(20)10-5-4-6-19(2,3)14(10)16(13)25-18(11)22/h7-8,12-13,15-16,20H,4-6H2,1-3H3/t12-,13-,15+,16-/m0/s1. The summed E-state index contributed by atoms with van der Waals surface area (Å²) in [5.41, 5.74) is 2.75. The van der Waals surface area contributed by atoms with Gasteiger partial charge in [0, 0.05) is 11.6 Å². The number of carbonyl (C=O) groups excluding carboxylic acids is 2. The van der Waals surface area contributed by atoms with Crippen LogP contribution in [0.1, 0.15) is 40.0 Å². The Morgan fingerprint density at radius 2 is 2.04 bits per heavy atom. The van der Waals surface area contributed by atoms with Crippen molar-refractivity contribution in [2.24, 2.45) is 11.3 Å². The predicted octanol–water partition coefficient (Wildman–Crippen LogP) is 2.14. The predicted molar refractivity (Wildman–Crippen MR) is 86.8 cm³/mol. The molecule has 0 spiro atoms. The second-order valence-corrected chi connectivity index (χ2v) is 7.81. The molecule has 0 aromatic carbocycles. The summed E-state index contributed by atoms with van der Waals surface area (Å²) in [5.74, 6) is -1.36. The number of carbonyl (C=O) groups is 2. The molecule has 6 nitrogen and oxygen atoms in total. The van der Waals surface area contributed by atoms with E-state index in [9.17, 15) is 14.7 Å². The normalized spacial score (nSPS) is 37.6. The van der Waals surface area contributed by atoms with Gasteiger partial charge in [-0.25, -0.2) is 9.59 Å². The van der Waals surface area contributed by atoms with Gasteiger partial charge in [-0.15, -0.1) is 0 Å². The number of fused-ring (bicyclic) bond motifs is 2. The summed E-state index contributed by atoms with van der Waals surface area (Å²) in [7, 11) is 0. The molecular weight excluding hydrogens is 324 g/mol. The van der Waals surface area contributed by atoms with E-state index in [1.54, 1.807) is 13.0 Å². The molecule has 4 rings (SSSR count). The average Bonchev–Trinajstić information content (AvgIpc) is 3.11. The largest absolute Gasteiger partial charge is 0.458 e. The third-order valence-electron chi connectivity index (χ3n) is 5.72. The van der Waals surface area contributed by atoms with Crippen molar-refractivity contribution in [1.82, 2.24) is 0 Å². The molecule has 4 aliphatic rings. The highest BCUT2D eigenvalue weighted by Gasteiger charge is 2.56. The molecule has 1 N–H and O–H groups in total. The van der Waals surface area contributed by atoms with Gasteiger partial charge in [-0.2, -0.15) is 0 Å². The molecule has 0 saturated carbocycles. The molecule has 2 aliphatic carbocycles. The Hall–Kier alpha value is -2.08. The lowest BCUT2D eigenvalue weighted by atomic mass is 9.72. The van der Waals surface area contributed by atoms with E-state index in [0.717, 1.165) is 30.4 Å². The summed E-state index contributed by atoms with van der Waals surface area (Å²) < 4.78 is 16.1. The summed E-state index contributed by atoms with van der Waals surface area (Å²) in [6.07, 6.45) is 3.70. The highest BCUT2D eigenvalue weighted by atomic mass is 16.7. The van der Waals surface area contributed by atoms with Crippen molar-refractivity contribution in [3.63, 3.8) is 0 Å². The first-order valence-corrected chi connectivity index (χ1v) is 8.67. The van der Waals surface area contributed by atoms with E-state index in [1.165, 1.54) is 6.26 Å². The first-order valence-electron chi connectivity index (χ1n) is 8.67. The summed E-state index contributed by atoms with van der Waals surface area (Å²) in [5, 5.41) is 10.8. The Kier molecular flexibility index (Phi) is 3.58. The van der Waals surface area contributed by atoms with Crippen molar-refractivity contribution in [1.29, 1.82) is 0 Å². The molecule has 2 aliphatic heterocycles. The zero-order valence-electron chi connectivity index (χ0n) is 14.6. The van der Waals surface area contributed by atoms with E-state index in [1.807, 2.05) is 0 Å². The molecule has 4 atom stereocenters. The number of hydrogen-bond acceptors (Lipinski definition) is 6. The molecule has 0 aromatic rings. The number of aliphatic hydroxyl groups is 1. The molecule has 1 fully saturated rings. The maximum absolute atomic E-state index is 12.3. The van der Waals surface area contributed by atoms with Gasteiger partial charge in [0.1, 0.15) is 6.10 Å². The van der Waals surface area contributed by atoms with Crippen LogP contribution in [0, 0.1) is 11.3 Å². The molecule has 2 heterocycles. The lowest BCUT2D eigenvalue weighted by Crippen LogP contribution is -2.27. The number of esters is 2. The van der Waals surface area contributed by atoms with Crippen LogP contribution in [0.3, 0.4) is 0 Å². The van der Waals surface area contributed by atoms with Gasteiger partial charge in [-0.05, 0) is 42.7 Å². The number of cyclic esters (lactones) is 1. The van der Waals surface area contributed by atoms with Crippen molar-refractivity contribution < 1.29 is 28.9 Å². The topological polar surface area (TPSA) is 82.1 Å². The van der Waals surface area contributed by atoms with Crippen molar-refractivity contribution in [2.45, 2.75) is 58.5 Å². The van der Waals surface area contributed by atoms with Crippen LogP contribution in [0.5, 0.6) is 0 Å². The third kappa shape index (κ3) is 2.42. The molecule has 0 aromatic heterocycles. The van der Waals surface area contributed by atoms with Crippen LogP contribution in [0.25, 0.3) is 0 Å². The van der Waals surface area contributed by atoms with Gasteiger partial charge in [0.05, 0.1) is 23.9 Å². The summed E-state index contributed by atoms with van der Waals surface area (Å²) in [6.45, 7) is 5.90. The molecule has 0 radical (unpaired) electrons. The van der Waals surface area contributed by atoms with E-state index >= 15 is 0 Å². The number of aliphatic hydroxyl groups excluding tert-OH is 1. The second-order valence-electron chi connectivity index (χ2n) is 7.81. The van der Waals surface area contributed by atoms with Crippen molar-refractivity contribution >= 4 is 11.9 Å². The fraction of sp³-hybridized carbons (Fsp3) is 0.579. The highest BCUT2D eigenvalue weighted by Crippen LogP contribution is 2.54. The first kappa shape index (κ1) is 16.4. The maximum Gasteiger partial charge on any atom is 0.338 e. The van der Waals surface area contributed by atoms with Gasteiger partial charge in [0.25, 0.3) is 6.29 Å². The van der Waals surface area contributed by atoms with Crippen molar-refractivity contribution in [2.75, 3.05) is 0 Å². The SMILES string of the molecule is CC1=C[C@@H](OC=C2C(=O)O[C@@H]3C4=C(CCCC4(C)C)[C@@H](O)[C@H]23)OC1=O. The minimum atomic E-state index is -0.843. The highest BCUT2D eigenvalue weighted by molar-refractivity contribution is 5.93. The monoisotopic (exact) mass is 346 g/mol.